The molecule has 1 aromatic carbocycles. The normalized spacial score (nSPS) is 10.7. The number of nitrogen functional groups attached to an aromatic ring is 2. The third kappa shape index (κ3) is 2.67. The number of furan rings is 1. The van der Waals surface area contributed by atoms with E-state index in [9.17, 15) is 5.11 Å². The lowest BCUT2D eigenvalue weighted by atomic mass is 10.2. The second kappa shape index (κ2) is 5.33. The summed E-state index contributed by atoms with van der Waals surface area (Å²) in [7, 11) is 0. The summed E-state index contributed by atoms with van der Waals surface area (Å²) >= 11 is 0. The van der Waals surface area contributed by atoms with Gasteiger partial charge in [0, 0.05) is 22.7 Å². The van der Waals surface area contributed by atoms with Gasteiger partial charge in [-0.1, -0.05) is 6.58 Å². The van der Waals surface area contributed by atoms with E-state index in [1.54, 1.807) is 30.3 Å². The first-order valence-electron chi connectivity index (χ1n) is 6.69. The van der Waals surface area contributed by atoms with Crippen molar-refractivity contribution in [1.82, 2.24) is 10.3 Å². The first-order chi connectivity index (χ1) is 10.5. The second-order valence-electron chi connectivity index (χ2n) is 4.94. The van der Waals surface area contributed by atoms with Crippen LogP contribution in [0.4, 0.5) is 11.6 Å². The number of aromatic hydroxyl groups is 1. The Morgan fingerprint density at radius 3 is 2.82 bits per heavy atom. The maximum absolute atomic E-state index is 9.44. The summed E-state index contributed by atoms with van der Waals surface area (Å²) in [5, 5.41) is 13.5. The lowest BCUT2D eigenvalue weighted by molar-refractivity contribution is 0.473. The molecule has 3 rings (SSSR count). The van der Waals surface area contributed by atoms with Crippen LogP contribution in [0.3, 0.4) is 0 Å². The van der Waals surface area contributed by atoms with Gasteiger partial charge in [0.1, 0.15) is 28.7 Å². The molecule has 6 N–H and O–H groups in total. The van der Waals surface area contributed by atoms with E-state index in [0.717, 1.165) is 11.1 Å². The number of nitrogens with two attached hydrogens (primary N) is 2. The van der Waals surface area contributed by atoms with Crippen LogP contribution in [0.25, 0.3) is 16.7 Å². The van der Waals surface area contributed by atoms with Gasteiger partial charge in [0.2, 0.25) is 0 Å². The Balaban J connectivity index is 1.74. The van der Waals surface area contributed by atoms with Crippen LogP contribution >= 0.6 is 0 Å². The summed E-state index contributed by atoms with van der Waals surface area (Å²) in [5.41, 5.74) is 13.4. The van der Waals surface area contributed by atoms with Crippen LogP contribution in [0, 0.1) is 0 Å². The number of fused-ring (bicyclic) bond motifs is 1. The number of phenolic OH excluding ortho intramolecular Hbond substituents is 1. The average Bonchev–Trinajstić information content (AvgIpc) is 2.86. The van der Waals surface area contributed by atoms with Crippen molar-refractivity contribution in [2.24, 2.45) is 0 Å². The summed E-state index contributed by atoms with van der Waals surface area (Å²) in [4.78, 5) is 4.00. The molecule has 0 radical (unpaired) electrons. The molecule has 0 bridgehead atoms. The van der Waals surface area contributed by atoms with Crippen LogP contribution in [0.5, 0.6) is 5.75 Å². The number of hydrogen-bond acceptors (Lipinski definition) is 6. The highest BCUT2D eigenvalue weighted by Crippen LogP contribution is 2.24. The zero-order valence-corrected chi connectivity index (χ0v) is 11.8. The molecule has 0 spiro atoms. The van der Waals surface area contributed by atoms with Crippen molar-refractivity contribution in [3.05, 3.63) is 54.3 Å². The monoisotopic (exact) mass is 296 g/mol. The van der Waals surface area contributed by atoms with E-state index in [2.05, 4.69) is 16.9 Å². The molecule has 3 aromatic rings. The molecule has 0 unspecified atom stereocenters. The molecule has 0 amide bonds. The number of pyridine rings is 1. The maximum atomic E-state index is 9.44. The number of nitrogens with one attached hydrogen (secondary N) is 1. The molecule has 0 aliphatic carbocycles. The maximum Gasteiger partial charge on any atom is 0.138 e. The molecule has 0 aliphatic heterocycles. The number of aromatic nitrogens is 1. The van der Waals surface area contributed by atoms with Crippen LogP contribution in [0.15, 0.2) is 47.4 Å². The van der Waals surface area contributed by atoms with Crippen molar-refractivity contribution in [3.8, 4) is 5.75 Å². The number of rotatable bonds is 4. The van der Waals surface area contributed by atoms with Gasteiger partial charge in [-0.05, 0) is 30.3 Å². The fourth-order valence-corrected chi connectivity index (χ4v) is 2.20. The van der Waals surface area contributed by atoms with Crippen molar-refractivity contribution in [2.75, 3.05) is 11.5 Å². The molecule has 6 nitrogen and oxygen atoms in total. The summed E-state index contributed by atoms with van der Waals surface area (Å²) in [6.45, 7) is 4.39. The van der Waals surface area contributed by atoms with Crippen molar-refractivity contribution < 1.29 is 9.52 Å². The van der Waals surface area contributed by atoms with E-state index in [1.807, 2.05) is 6.07 Å². The summed E-state index contributed by atoms with van der Waals surface area (Å²) in [5.74, 6) is 1.59. The minimum atomic E-state index is 0.173. The van der Waals surface area contributed by atoms with Crippen molar-refractivity contribution in [2.45, 2.75) is 6.54 Å². The number of nitrogens with zero attached hydrogens (tertiary/aromatic N) is 1. The van der Waals surface area contributed by atoms with Gasteiger partial charge >= 0.3 is 0 Å². The molecule has 2 heterocycles. The Labute approximate surface area is 127 Å². The Morgan fingerprint density at radius 1 is 1.23 bits per heavy atom. The largest absolute Gasteiger partial charge is 0.508 e. The smallest absolute Gasteiger partial charge is 0.138 e. The second-order valence-corrected chi connectivity index (χ2v) is 4.94. The van der Waals surface area contributed by atoms with Crippen LogP contribution in [-0.4, -0.2) is 10.1 Å². The zero-order valence-electron chi connectivity index (χ0n) is 11.8. The minimum absolute atomic E-state index is 0.173. The lowest BCUT2D eigenvalue weighted by Gasteiger charge is -2.10. The van der Waals surface area contributed by atoms with Gasteiger partial charge in [-0.2, -0.15) is 0 Å². The Morgan fingerprint density at radius 2 is 2.05 bits per heavy atom. The fraction of sp³-hybridized carbons (Fsp3) is 0.0625. The van der Waals surface area contributed by atoms with E-state index in [1.165, 1.54) is 0 Å². The average molecular weight is 296 g/mol. The van der Waals surface area contributed by atoms with Crippen molar-refractivity contribution in [3.63, 3.8) is 0 Å². The molecule has 22 heavy (non-hydrogen) atoms. The third-order valence-corrected chi connectivity index (χ3v) is 3.30. The number of hydrogen-bond donors (Lipinski definition) is 4. The molecule has 0 aliphatic rings. The van der Waals surface area contributed by atoms with Crippen molar-refractivity contribution in [1.29, 1.82) is 0 Å². The molecule has 0 atom stereocenters. The molecule has 2 aromatic heterocycles. The zero-order chi connectivity index (χ0) is 15.7. The van der Waals surface area contributed by atoms with E-state index >= 15 is 0 Å². The van der Waals surface area contributed by atoms with Gasteiger partial charge in [-0.15, -0.1) is 0 Å². The van der Waals surface area contributed by atoms with E-state index in [4.69, 9.17) is 15.9 Å². The lowest BCUT2D eigenvalue weighted by Crippen LogP contribution is -2.12. The van der Waals surface area contributed by atoms with Crippen LogP contribution in [0.2, 0.25) is 0 Å². The highest BCUT2D eigenvalue weighted by Gasteiger charge is 2.08. The molecular weight excluding hydrogens is 280 g/mol. The van der Waals surface area contributed by atoms with Gasteiger partial charge in [-0.25, -0.2) is 4.98 Å². The summed E-state index contributed by atoms with van der Waals surface area (Å²) in [6, 6.07) is 10.3. The molecule has 6 heteroatoms. The van der Waals surface area contributed by atoms with E-state index in [-0.39, 0.29) is 5.75 Å². The quantitative estimate of drug-likeness (QED) is 0.588. The van der Waals surface area contributed by atoms with Crippen LogP contribution < -0.4 is 16.8 Å². The Bertz CT molecular complexity index is 854. The van der Waals surface area contributed by atoms with E-state index < -0.39 is 0 Å². The summed E-state index contributed by atoms with van der Waals surface area (Å²) < 4.78 is 5.65. The first kappa shape index (κ1) is 13.8. The van der Waals surface area contributed by atoms with Crippen LogP contribution in [-0.2, 0) is 6.54 Å². The predicted octanol–water partition coefficient (Wildman–Crippen LogP) is 2.46. The first-order valence-corrected chi connectivity index (χ1v) is 6.69. The summed E-state index contributed by atoms with van der Waals surface area (Å²) in [6.07, 6.45) is 0. The van der Waals surface area contributed by atoms with Crippen LogP contribution in [0.1, 0.15) is 11.3 Å². The third-order valence-electron chi connectivity index (χ3n) is 3.30. The number of phenols is 1. The van der Waals surface area contributed by atoms with Gasteiger partial charge < -0.3 is 26.3 Å². The standard InChI is InChI=1S/C16H16N4O2/c1-9(13-4-5-15(17)20-16(13)18)19-8-12-6-10-2-3-11(21)7-14(10)22-12/h2-7,19,21H,1,8H2,(H4,17,18,20). The minimum Gasteiger partial charge on any atom is -0.508 e. The van der Waals surface area contributed by atoms with Gasteiger partial charge in [0.25, 0.3) is 0 Å². The van der Waals surface area contributed by atoms with Gasteiger partial charge in [0.15, 0.2) is 0 Å². The van der Waals surface area contributed by atoms with E-state index in [0.29, 0.717) is 35.0 Å². The molecular formula is C16H16N4O2. The number of anilines is 2. The topological polar surface area (TPSA) is 110 Å². The number of benzene rings is 1. The van der Waals surface area contributed by atoms with Gasteiger partial charge in [0.05, 0.1) is 6.54 Å². The molecule has 112 valence electrons. The molecule has 0 fully saturated rings. The SMILES string of the molecule is C=C(NCc1cc2ccc(O)cc2o1)c1ccc(N)nc1N. The van der Waals surface area contributed by atoms with Crippen molar-refractivity contribution >= 4 is 28.3 Å². The Kier molecular flexibility index (Phi) is 3.34. The predicted molar refractivity (Wildman–Crippen MR) is 86.8 cm³/mol. The van der Waals surface area contributed by atoms with Gasteiger partial charge in [-0.3, -0.25) is 0 Å². The molecule has 0 saturated heterocycles. The highest BCUT2D eigenvalue weighted by atomic mass is 16.3. The molecule has 0 saturated carbocycles. The Hall–Kier alpha value is -3.15. The highest BCUT2D eigenvalue weighted by molar-refractivity contribution is 5.79. The fourth-order valence-electron chi connectivity index (χ4n) is 2.20.